The van der Waals surface area contributed by atoms with Crippen molar-refractivity contribution < 1.29 is 9.90 Å². The largest absolute Gasteiger partial charge is 0.480 e. The summed E-state index contributed by atoms with van der Waals surface area (Å²) in [6.45, 7) is 8.88. The van der Waals surface area contributed by atoms with Crippen LogP contribution in [0.5, 0.6) is 0 Å². The fraction of sp³-hybridized carbons (Fsp3) is 0.952. The molecule has 1 unspecified atom stereocenters. The Hall–Kier alpha value is 1.57. The van der Waals surface area contributed by atoms with Gasteiger partial charge in [-0.3, -0.25) is 4.79 Å². The van der Waals surface area contributed by atoms with Crippen molar-refractivity contribution in [3.63, 3.8) is 0 Å². The Morgan fingerprint density at radius 2 is 1.41 bits per heavy atom. The van der Waals surface area contributed by atoms with Gasteiger partial charge in [-0.05, 0) is 6.42 Å². The topological polar surface area (TPSA) is 37.3 Å². The van der Waals surface area contributed by atoms with Crippen LogP contribution in [0.15, 0.2) is 0 Å². The van der Waals surface area contributed by atoms with Gasteiger partial charge in [-0.15, -0.1) is 23.5 Å². The van der Waals surface area contributed by atoms with Crippen molar-refractivity contribution in [2.24, 2.45) is 0 Å². The zero-order valence-corrected chi connectivity index (χ0v) is 23.7. The minimum atomic E-state index is -0.670. The molecule has 0 spiro atoms. The molecule has 8 heteroatoms. The van der Waals surface area contributed by atoms with Crippen LogP contribution in [0.1, 0.15) is 91.9 Å². The van der Waals surface area contributed by atoms with E-state index >= 15 is 0 Å². The number of rotatable bonds is 21. The quantitative estimate of drug-likeness (QED) is 0.0914. The highest BCUT2D eigenvalue weighted by atomic mass is 33.1. The molecule has 0 saturated carbocycles. The summed E-state index contributed by atoms with van der Waals surface area (Å²) in [7, 11) is 7.43. The van der Waals surface area contributed by atoms with Gasteiger partial charge in [0, 0.05) is 21.3 Å². The van der Waals surface area contributed by atoms with E-state index in [1.807, 2.05) is 43.2 Å². The number of hydrogen-bond donors (Lipinski definition) is 1. The van der Waals surface area contributed by atoms with E-state index in [0.717, 1.165) is 10.2 Å². The summed E-state index contributed by atoms with van der Waals surface area (Å²) in [4.78, 5) is 11.4. The molecule has 0 radical (unpaired) electrons. The van der Waals surface area contributed by atoms with E-state index in [1.165, 1.54) is 70.0 Å². The fourth-order valence-electron chi connectivity index (χ4n) is 2.43. The number of carboxylic acid groups (broad SMARTS) is 1. The SMILES string of the molecule is CCCCCCCCCCCCSSCSC(CSCSSC(C)(C)C)C(=O)O. The molecule has 174 valence electrons. The molecule has 0 saturated heterocycles. The number of thioether (sulfide) groups is 2. The lowest BCUT2D eigenvalue weighted by atomic mass is 10.1. The van der Waals surface area contributed by atoms with E-state index in [0.29, 0.717) is 5.75 Å². The smallest absolute Gasteiger partial charge is 0.317 e. The van der Waals surface area contributed by atoms with Gasteiger partial charge in [0.15, 0.2) is 0 Å². The van der Waals surface area contributed by atoms with E-state index in [9.17, 15) is 9.90 Å². The molecule has 0 heterocycles. The molecule has 0 aliphatic rings. The Labute approximate surface area is 205 Å². The Kier molecular flexibility index (Phi) is 22.6. The number of unbranched alkanes of at least 4 members (excludes halogenated alkanes) is 9. The van der Waals surface area contributed by atoms with Crippen molar-refractivity contribution in [1.29, 1.82) is 0 Å². The lowest BCUT2D eigenvalue weighted by Crippen LogP contribution is -2.19. The highest BCUT2D eigenvalue weighted by Crippen LogP contribution is 2.37. The molecule has 0 amide bonds. The molecule has 0 aliphatic heterocycles. The lowest BCUT2D eigenvalue weighted by molar-refractivity contribution is -0.135. The van der Waals surface area contributed by atoms with Gasteiger partial charge in [0.25, 0.3) is 0 Å². The van der Waals surface area contributed by atoms with Crippen molar-refractivity contribution in [2.75, 3.05) is 21.7 Å². The second-order valence-corrected chi connectivity index (χ2v) is 16.7. The van der Waals surface area contributed by atoms with Gasteiger partial charge in [0.1, 0.15) is 5.25 Å². The molecule has 0 rings (SSSR count). The van der Waals surface area contributed by atoms with E-state index in [1.54, 1.807) is 23.5 Å². The van der Waals surface area contributed by atoms with Crippen LogP contribution < -0.4 is 0 Å². The summed E-state index contributed by atoms with van der Waals surface area (Å²) in [5.74, 6) is 1.22. The first-order valence-corrected chi connectivity index (χ1v) is 17.8. The Bertz CT molecular complexity index is 377. The summed E-state index contributed by atoms with van der Waals surface area (Å²) < 4.78 is 0.258. The van der Waals surface area contributed by atoms with Gasteiger partial charge in [0.05, 0.1) is 5.08 Å². The predicted octanol–water partition coefficient (Wildman–Crippen LogP) is 9.30. The second kappa shape index (κ2) is 21.4. The van der Waals surface area contributed by atoms with Gasteiger partial charge in [-0.25, -0.2) is 0 Å². The van der Waals surface area contributed by atoms with Crippen LogP contribution in [-0.2, 0) is 4.79 Å². The zero-order valence-electron chi connectivity index (χ0n) is 18.8. The minimum Gasteiger partial charge on any atom is -0.480 e. The maximum atomic E-state index is 11.4. The molecule has 0 aromatic carbocycles. The molecule has 0 aromatic heterocycles. The molecule has 1 atom stereocenters. The Morgan fingerprint density at radius 3 is 1.97 bits per heavy atom. The van der Waals surface area contributed by atoms with Gasteiger partial charge in [-0.1, -0.05) is 129 Å². The molecule has 0 bridgehead atoms. The first-order valence-electron chi connectivity index (χ1n) is 10.8. The van der Waals surface area contributed by atoms with Gasteiger partial charge < -0.3 is 5.11 Å². The number of hydrogen-bond acceptors (Lipinski definition) is 7. The molecule has 29 heavy (non-hydrogen) atoms. The normalized spacial score (nSPS) is 13.0. The Balaban J connectivity index is 3.46. The molecule has 1 N–H and O–H groups in total. The van der Waals surface area contributed by atoms with E-state index in [2.05, 4.69) is 27.7 Å². The van der Waals surface area contributed by atoms with Gasteiger partial charge in [-0.2, -0.15) is 0 Å². The minimum absolute atomic E-state index is 0.258. The van der Waals surface area contributed by atoms with Crippen LogP contribution in [0.4, 0.5) is 0 Å². The number of carboxylic acids is 1. The van der Waals surface area contributed by atoms with E-state index in [4.69, 9.17) is 0 Å². The molecule has 0 aliphatic carbocycles. The van der Waals surface area contributed by atoms with Crippen molar-refractivity contribution in [1.82, 2.24) is 0 Å². The summed E-state index contributed by atoms with van der Waals surface area (Å²) >= 11 is 3.32. The van der Waals surface area contributed by atoms with Crippen molar-refractivity contribution in [3.8, 4) is 0 Å². The Morgan fingerprint density at radius 1 is 0.828 bits per heavy atom. The van der Waals surface area contributed by atoms with Gasteiger partial charge >= 0.3 is 5.97 Å². The first-order chi connectivity index (χ1) is 13.9. The van der Waals surface area contributed by atoms with Crippen LogP contribution in [0.25, 0.3) is 0 Å². The lowest BCUT2D eigenvalue weighted by Gasteiger charge is -2.16. The first kappa shape index (κ1) is 30.6. The average Bonchev–Trinajstić information content (AvgIpc) is 2.65. The molecular weight excluding hydrogens is 477 g/mol. The summed E-state index contributed by atoms with van der Waals surface area (Å²) in [5.41, 5.74) is 0. The van der Waals surface area contributed by atoms with Crippen LogP contribution >= 0.6 is 66.7 Å². The number of aliphatic carboxylic acids is 1. The maximum absolute atomic E-state index is 11.4. The van der Waals surface area contributed by atoms with Crippen LogP contribution in [-0.4, -0.2) is 42.7 Å². The van der Waals surface area contributed by atoms with Crippen LogP contribution in [0.2, 0.25) is 0 Å². The summed E-state index contributed by atoms with van der Waals surface area (Å²) in [6.07, 6.45) is 13.8. The zero-order chi connectivity index (χ0) is 21.8. The highest BCUT2D eigenvalue weighted by Gasteiger charge is 2.18. The van der Waals surface area contributed by atoms with Crippen LogP contribution in [0.3, 0.4) is 0 Å². The second-order valence-electron chi connectivity index (χ2n) is 8.04. The van der Waals surface area contributed by atoms with Crippen molar-refractivity contribution in [3.05, 3.63) is 0 Å². The fourth-order valence-corrected chi connectivity index (χ4v) is 10.3. The monoisotopic (exact) mass is 518 g/mol. The standard InChI is InChI=1S/C21H42O2S6/c1-5-6-7-8-9-10-11-12-13-14-15-26-27-18-25-19(20(22)23)16-24-17-28-29-21(2,3)4/h19H,5-18H2,1-4H3,(H,22,23). The molecule has 2 nitrogen and oxygen atoms in total. The number of carbonyl (C=O) groups is 1. The van der Waals surface area contributed by atoms with Gasteiger partial charge in [0.2, 0.25) is 0 Å². The third kappa shape index (κ3) is 24.1. The predicted molar refractivity (Wildman–Crippen MR) is 148 cm³/mol. The molecule has 0 aromatic rings. The molecular formula is C21H42O2S6. The van der Waals surface area contributed by atoms with Crippen molar-refractivity contribution >= 4 is 72.7 Å². The maximum Gasteiger partial charge on any atom is 0.317 e. The highest BCUT2D eigenvalue weighted by molar-refractivity contribution is 8.78. The molecule has 0 fully saturated rings. The van der Waals surface area contributed by atoms with Crippen molar-refractivity contribution in [2.45, 2.75) is 102 Å². The van der Waals surface area contributed by atoms with E-state index in [-0.39, 0.29) is 10.00 Å². The van der Waals surface area contributed by atoms with Crippen LogP contribution in [0, 0.1) is 0 Å². The third-order valence-corrected chi connectivity index (χ3v) is 13.3. The summed E-state index contributed by atoms with van der Waals surface area (Å²) in [6, 6.07) is 0. The third-order valence-electron chi connectivity index (χ3n) is 3.97. The van der Waals surface area contributed by atoms with E-state index < -0.39 is 5.97 Å². The summed E-state index contributed by atoms with van der Waals surface area (Å²) in [5, 5.41) is 10.9. The average molecular weight is 519 g/mol.